The molecule has 0 unspecified atom stereocenters. The van der Waals surface area contributed by atoms with Crippen molar-refractivity contribution in [3.05, 3.63) is 76.1 Å². The largest absolute Gasteiger partial charge is 0.487 e. The molecular formula is C20H19N5O2S. The highest BCUT2D eigenvalue weighted by molar-refractivity contribution is 7.09. The normalized spacial score (nSPS) is 10.9. The summed E-state index contributed by atoms with van der Waals surface area (Å²) in [5, 5.41) is 14.2. The molecule has 0 aliphatic carbocycles. The monoisotopic (exact) mass is 393 g/mol. The van der Waals surface area contributed by atoms with Crippen LogP contribution >= 0.6 is 11.3 Å². The number of aryl methyl sites for hydroxylation is 1. The predicted molar refractivity (Wildman–Crippen MR) is 107 cm³/mol. The number of hydrogen-bond acceptors (Lipinski definition) is 6. The minimum atomic E-state index is -0.129. The summed E-state index contributed by atoms with van der Waals surface area (Å²) in [4.78, 5) is 16.7. The number of ether oxygens (including phenoxy) is 1. The Labute approximate surface area is 166 Å². The lowest BCUT2D eigenvalue weighted by Gasteiger charge is -2.07. The summed E-state index contributed by atoms with van der Waals surface area (Å²) in [6.07, 6.45) is 2.52. The molecule has 7 nitrogen and oxygen atoms in total. The summed E-state index contributed by atoms with van der Waals surface area (Å²) in [6.45, 7) is 2.87. The first-order valence-corrected chi connectivity index (χ1v) is 9.78. The van der Waals surface area contributed by atoms with Crippen molar-refractivity contribution in [2.75, 3.05) is 6.54 Å². The van der Waals surface area contributed by atoms with Gasteiger partial charge in [-0.2, -0.15) is 0 Å². The number of aromatic nitrogens is 4. The second-order valence-electron chi connectivity index (χ2n) is 6.22. The number of amides is 1. The standard InChI is InChI=1S/C20H19N5O2S/c1-14-22-16(13-28-14)12-27-17-7-5-15(6-8-17)20(26)21-10-9-19-24-23-18-4-2-3-11-25(18)19/h2-8,11,13H,9-10,12H2,1H3,(H,21,26). The topological polar surface area (TPSA) is 81.4 Å². The van der Waals surface area contributed by atoms with Crippen molar-refractivity contribution in [1.29, 1.82) is 0 Å². The first-order valence-electron chi connectivity index (χ1n) is 8.90. The summed E-state index contributed by atoms with van der Waals surface area (Å²) in [5.41, 5.74) is 2.29. The Balaban J connectivity index is 1.28. The maximum absolute atomic E-state index is 12.3. The lowest BCUT2D eigenvalue weighted by Crippen LogP contribution is -2.26. The number of carbonyl (C=O) groups is 1. The van der Waals surface area contributed by atoms with Gasteiger partial charge in [0.2, 0.25) is 0 Å². The fraction of sp³-hybridized carbons (Fsp3) is 0.200. The average molecular weight is 393 g/mol. The number of rotatable bonds is 7. The summed E-state index contributed by atoms with van der Waals surface area (Å²) in [6, 6.07) is 12.8. The number of pyridine rings is 1. The smallest absolute Gasteiger partial charge is 0.251 e. The van der Waals surface area contributed by atoms with Gasteiger partial charge in [0.15, 0.2) is 5.65 Å². The Morgan fingerprint density at radius 3 is 2.82 bits per heavy atom. The van der Waals surface area contributed by atoms with Crippen molar-refractivity contribution in [2.45, 2.75) is 20.0 Å². The Morgan fingerprint density at radius 1 is 1.18 bits per heavy atom. The van der Waals surface area contributed by atoms with Crippen LogP contribution in [0.4, 0.5) is 0 Å². The fourth-order valence-corrected chi connectivity index (χ4v) is 3.38. The van der Waals surface area contributed by atoms with E-state index in [1.807, 2.05) is 41.1 Å². The van der Waals surface area contributed by atoms with Gasteiger partial charge in [-0.1, -0.05) is 6.07 Å². The van der Waals surface area contributed by atoms with Crippen LogP contribution in [0, 0.1) is 6.92 Å². The van der Waals surface area contributed by atoms with Crippen LogP contribution in [0.15, 0.2) is 54.0 Å². The third-order valence-electron chi connectivity index (χ3n) is 4.19. The third-order valence-corrected chi connectivity index (χ3v) is 5.01. The van der Waals surface area contributed by atoms with E-state index in [-0.39, 0.29) is 5.91 Å². The van der Waals surface area contributed by atoms with Gasteiger partial charge in [0.05, 0.1) is 10.7 Å². The van der Waals surface area contributed by atoms with Crippen molar-refractivity contribution >= 4 is 22.9 Å². The molecule has 0 aliphatic heterocycles. The molecule has 4 aromatic rings. The van der Waals surface area contributed by atoms with Gasteiger partial charge in [0.25, 0.3) is 5.91 Å². The maximum Gasteiger partial charge on any atom is 0.251 e. The fourth-order valence-electron chi connectivity index (χ4n) is 2.79. The second kappa shape index (κ2) is 8.18. The quantitative estimate of drug-likeness (QED) is 0.522. The van der Waals surface area contributed by atoms with Crippen molar-refractivity contribution in [3.63, 3.8) is 0 Å². The number of carbonyl (C=O) groups excluding carboxylic acids is 1. The summed E-state index contributed by atoms with van der Waals surface area (Å²) in [5.74, 6) is 1.39. The first kappa shape index (κ1) is 18.1. The summed E-state index contributed by atoms with van der Waals surface area (Å²) >= 11 is 1.60. The van der Waals surface area contributed by atoms with E-state index in [4.69, 9.17) is 4.74 Å². The molecule has 28 heavy (non-hydrogen) atoms. The highest BCUT2D eigenvalue weighted by atomic mass is 32.1. The van der Waals surface area contributed by atoms with Crippen LogP contribution in [-0.2, 0) is 13.0 Å². The maximum atomic E-state index is 12.3. The lowest BCUT2D eigenvalue weighted by molar-refractivity contribution is 0.0954. The van der Waals surface area contributed by atoms with Gasteiger partial charge in [-0.3, -0.25) is 9.20 Å². The van der Waals surface area contributed by atoms with E-state index in [2.05, 4.69) is 20.5 Å². The van der Waals surface area contributed by atoms with Gasteiger partial charge in [0.1, 0.15) is 18.2 Å². The zero-order valence-corrected chi connectivity index (χ0v) is 16.1. The lowest BCUT2D eigenvalue weighted by atomic mass is 10.2. The molecule has 142 valence electrons. The van der Waals surface area contributed by atoms with Crippen molar-refractivity contribution in [1.82, 2.24) is 24.9 Å². The van der Waals surface area contributed by atoms with Crippen molar-refractivity contribution < 1.29 is 9.53 Å². The molecule has 0 spiro atoms. The van der Waals surface area contributed by atoms with Gasteiger partial charge < -0.3 is 10.1 Å². The summed E-state index contributed by atoms with van der Waals surface area (Å²) in [7, 11) is 0. The molecule has 4 rings (SSSR count). The average Bonchev–Trinajstić information content (AvgIpc) is 3.33. The molecule has 3 heterocycles. The van der Waals surface area contributed by atoms with Gasteiger partial charge in [-0.15, -0.1) is 21.5 Å². The number of benzene rings is 1. The third kappa shape index (κ3) is 4.17. The SMILES string of the molecule is Cc1nc(COc2ccc(C(=O)NCCc3nnc4ccccn34)cc2)cs1. The van der Waals surface area contributed by atoms with Crippen LogP contribution in [0.1, 0.15) is 26.9 Å². The predicted octanol–water partition coefficient (Wildman–Crippen LogP) is 3.05. The van der Waals surface area contributed by atoms with Gasteiger partial charge in [0, 0.05) is 30.1 Å². The van der Waals surface area contributed by atoms with E-state index in [9.17, 15) is 4.79 Å². The molecule has 0 saturated heterocycles. The first-order chi connectivity index (χ1) is 13.7. The molecule has 8 heteroatoms. The van der Waals surface area contributed by atoms with Crippen LogP contribution in [-0.4, -0.2) is 32.0 Å². The van der Waals surface area contributed by atoms with Crippen LogP contribution in [0.3, 0.4) is 0 Å². The van der Waals surface area contributed by atoms with Gasteiger partial charge in [-0.25, -0.2) is 4.98 Å². The van der Waals surface area contributed by atoms with E-state index in [0.717, 1.165) is 22.2 Å². The van der Waals surface area contributed by atoms with Gasteiger partial charge >= 0.3 is 0 Å². The molecule has 0 bridgehead atoms. The molecule has 1 N–H and O–H groups in total. The molecule has 0 fully saturated rings. The van der Waals surface area contributed by atoms with Crippen LogP contribution in [0.25, 0.3) is 5.65 Å². The number of nitrogens with zero attached hydrogens (tertiary/aromatic N) is 4. The Hall–Kier alpha value is -3.26. The Morgan fingerprint density at radius 2 is 2.04 bits per heavy atom. The zero-order valence-electron chi connectivity index (χ0n) is 15.3. The van der Waals surface area contributed by atoms with Crippen molar-refractivity contribution in [3.8, 4) is 5.75 Å². The Kier molecular flexibility index (Phi) is 5.29. The number of fused-ring (bicyclic) bond motifs is 1. The number of hydrogen-bond donors (Lipinski definition) is 1. The highest BCUT2D eigenvalue weighted by Crippen LogP contribution is 2.15. The van der Waals surface area contributed by atoms with Crippen molar-refractivity contribution in [2.24, 2.45) is 0 Å². The van der Waals surface area contributed by atoms with E-state index < -0.39 is 0 Å². The second-order valence-corrected chi connectivity index (χ2v) is 7.28. The molecule has 0 aliphatic rings. The Bertz CT molecular complexity index is 1090. The number of nitrogens with one attached hydrogen (secondary N) is 1. The molecule has 3 aromatic heterocycles. The minimum absolute atomic E-state index is 0.129. The minimum Gasteiger partial charge on any atom is -0.487 e. The van der Waals surface area contributed by atoms with E-state index in [1.54, 1.807) is 35.6 Å². The van der Waals surface area contributed by atoms with E-state index in [1.165, 1.54) is 0 Å². The molecule has 1 aromatic carbocycles. The van der Waals surface area contributed by atoms with Gasteiger partial charge in [-0.05, 0) is 43.3 Å². The highest BCUT2D eigenvalue weighted by Gasteiger charge is 2.08. The van der Waals surface area contributed by atoms with E-state index in [0.29, 0.717) is 30.9 Å². The molecule has 1 amide bonds. The summed E-state index contributed by atoms with van der Waals surface area (Å²) < 4.78 is 7.62. The molecule has 0 radical (unpaired) electrons. The van der Waals surface area contributed by atoms with Crippen LogP contribution in [0.2, 0.25) is 0 Å². The zero-order chi connectivity index (χ0) is 19.3. The molecular weight excluding hydrogens is 374 g/mol. The van der Waals surface area contributed by atoms with Crippen LogP contribution in [0.5, 0.6) is 5.75 Å². The number of thiazole rings is 1. The molecule has 0 atom stereocenters. The van der Waals surface area contributed by atoms with E-state index >= 15 is 0 Å². The van der Waals surface area contributed by atoms with Crippen LogP contribution < -0.4 is 10.1 Å². The molecule has 0 saturated carbocycles.